The van der Waals surface area contributed by atoms with Crippen LogP contribution in [0.4, 0.5) is 0 Å². The molecule has 4 aliphatic heterocycles. The summed E-state index contributed by atoms with van der Waals surface area (Å²) in [7, 11) is 0. The normalized spacial score (nSPS) is 39.9. The summed E-state index contributed by atoms with van der Waals surface area (Å²) in [5, 5.41) is 4.22. The van der Waals surface area contributed by atoms with E-state index in [-0.39, 0.29) is 18.8 Å². The van der Waals surface area contributed by atoms with E-state index in [0.29, 0.717) is 13.0 Å². The molecule has 0 saturated carbocycles. The van der Waals surface area contributed by atoms with E-state index in [1.807, 2.05) is 58.0 Å². The van der Waals surface area contributed by atoms with Crippen molar-refractivity contribution in [3.05, 3.63) is 35.9 Å². The molecule has 0 radical (unpaired) electrons. The first-order chi connectivity index (χ1) is 13.8. The number of hydrogen-bond donors (Lipinski definition) is 0. The van der Waals surface area contributed by atoms with Crippen molar-refractivity contribution in [1.82, 2.24) is 0 Å². The van der Waals surface area contributed by atoms with Gasteiger partial charge in [0.2, 0.25) is 12.1 Å². The van der Waals surface area contributed by atoms with Crippen LogP contribution in [0, 0.1) is 0 Å². The summed E-state index contributed by atoms with van der Waals surface area (Å²) in [6.07, 6.45) is -1.29. The second-order valence-corrected chi connectivity index (χ2v) is 8.75. The molecule has 1 aromatic carbocycles. The molecule has 0 aliphatic carbocycles. The molecule has 0 aromatic heterocycles. The molecule has 0 N–H and O–H groups in total. The van der Waals surface area contributed by atoms with E-state index in [9.17, 15) is 0 Å². The Morgan fingerprint density at radius 2 is 1.79 bits per heavy atom. The van der Waals surface area contributed by atoms with Crippen LogP contribution in [-0.4, -0.2) is 60.9 Å². The summed E-state index contributed by atoms with van der Waals surface area (Å²) in [6, 6.07) is 9.91. The van der Waals surface area contributed by atoms with E-state index in [1.165, 1.54) is 0 Å². The maximum atomic E-state index is 6.37. The Morgan fingerprint density at radius 1 is 1.00 bits per heavy atom. The van der Waals surface area contributed by atoms with Crippen LogP contribution in [0.1, 0.15) is 39.7 Å². The first kappa shape index (κ1) is 19.4. The Hall–Kier alpha value is -1.55. The van der Waals surface area contributed by atoms with Gasteiger partial charge in [0.15, 0.2) is 11.6 Å². The van der Waals surface area contributed by atoms with Gasteiger partial charge in [0.1, 0.15) is 24.9 Å². The Labute approximate surface area is 170 Å². The zero-order valence-corrected chi connectivity index (χ0v) is 17.1. The Bertz CT molecular complexity index is 793. The molecule has 1 aromatic rings. The van der Waals surface area contributed by atoms with Gasteiger partial charge in [-0.1, -0.05) is 35.5 Å². The van der Waals surface area contributed by atoms with Crippen LogP contribution in [0.5, 0.6) is 0 Å². The highest BCUT2D eigenvalue weighted by atomic mass is 16.9. The molecule has 0 bridgehead atoms. The van der Waals surface area contributed by atoms with Crippen LogP contribution < -0.4 is 0 Å². The van der Waals surface area contributed by atoms with Crippen molar-refractivity contribution in [2.45, 2.75) is 76.1 Å². The third kappa shape index (κ3) is 3.58. The minimum atomic E-state index is -1.09. The molecule has 5 rings (SSSR count). The second-order valence-electron chi connectivity index (χ2n) is 8.75. The van der Waals surface area contributed by atoms with Crippen molar-refractivity contribution in [3.8, 4) is 0 Å². The summed E-state index contributed by atoms with van der Waals surface area (Å²) in [5.74, 6) is -2.61. The highest BCUT2D eigenvalue weighted by Crippen LogP contribution is 2.46. The molecule has 4 aliphatic rings. The van der Waals surface area contributed by atoms with Gasteiger partial charge in [-0.05, 0) is 33.3 Å². The average molecular weight is 405 g/mol. The van der Waals surface area contributed by atoms with Crippen LogP contribution >= 0.6 is 0 Å². The summed E-state index contributed by atoms with van der Waals surface area (Å²) < 4.78 is 36.7. The highest BCUT2D eigenvalue weighted by molar-refractivity contribution is 6.01. The maximum absolute atomic E-state index is 6.37. The molecule has 3 fully saturated rings. The molecule has 5 atom stereocenters. The molecule has 4 heterocycles. The van der Waals surface area contributed by atoms with Crippen molar-refractivity contribution in [2.75, 3.05) is 13.2 Å². The van der Waals surface area contributed by atoms with E-state index in [4.69, 9.17) is 33.3 Å². The third-order valence-corrected chi connectivity index (χ3v) is 5.53. The molecule has 0 unspecified atom stereocenters. The fraction of sp³-hybridized carbons (Fsp3) is 0.667. The molecular weight excluding hydrogens is 378 g/mol. The van der Waals surface area contributed by atoms with E-state index < -0.39 is 29.8 Å². The van der Waals surface area contributed by atoms with Crippen molar-refractivity contribution in [3.63, 3.8) is 0 Å². The van der Waals surface area contributed by atoms with Crippen molar-refractivity contribution in [1.29, 1.82) is 0 Å². The zero-order chi connectivity index (χ0) is 20.3. The molecule has 158 valence electrons. The van der Waals surface area contributed by atoms with Gasteiger partial charge < -0.3 is 33.3 Å². The lowest BCUT2D eigenvalue weighted by Gasteiger charge is -2.44. The summed E-state index contributed by atoms with van der Waals surface area (Å²) in [4.78, 5) is 5.60. The van der Waals surface area contributed by atoms with E-state index in [0.717, 1.165) is 11.3 Å². The number of rotatable bonds is 3. The van der Waals surface area contributed by atoms with Gasteiger partial charge in [-0.25, -0.2) is 0 Å². The SMILES string of the molecule is CC1(C)O[C@H]2[C@@H](O[C@@H]3CC(c4ccccc4)=NO3)[C@@]3(COC(C)(C)O3)OC[C@H]2O1. The van der Waals surface area contributed by atoms with Crippen LogP contribution in [0.25, 0.3) is 0 Å². The van der Waals surface area contributed by atoms with Crippen molar-refractivity contribution in [2.24, 2.45) is 5.16 Å². The fourth-order valence-electron chi connectivity index (χ4n) is 4.34. The minimum absolute atomic E-state index is 0.233. The second kappa shape index (κ2) is 6.73. The number of oxime groups is 1. The van der Waals surface area contributed by atoms with Gasteiger partial charge in [0.05, 0.1) is 18.7 Å². The van der Waals surface area contributed by atoms with Crippen LogP contribution in [-0.2, 0) is 33.3 Å². The van der Waals surface area contributed by atoms with Gasteiger partial charge in [-0.3, -0.25) is 0 Å². The lowest BCUT2D eigenvalue weighted by Crippen LogP contribution is -2.63. The molecule has 8 nitrogen and oxygen atoms in total. The number of fused-ring (bicyclic) bond motifs is 1. The average Bonchev–Trinajstić information content (AvgIpc) is 3.34. The third-order valence-electron chi connectivity index (χ3n) is 5.53. The standard InChI is InChI=1S/C21H27NO7/c1-19(2)24-12-21(29-19)18(17-15(11-23-21)26-20(3,4)27-17)25-16-10-14(22-28-16)13-8-6-5-7-9-13/h5-9,15-18H,10-12H2,1-4H3/t15-,16+,17-,18-,21+/m1/s1. The van der Waals surface area contributed by atoms with Crippen molar-refractivity contribution < 1.29 is 33.3 Å². The summed E-state index contributed by atoms with van der Waals surface area (Å²) in [5.41, 5.74) is 1.85. The van der Waals surface area contributed by atoms with E-state index in [1.54, 1.807) is 0 Å². The number of benzene rings is 1. The molecule has 1 spiro atoms. The Morgan fingerprint density at radius 3 is 2.52 bits per heavy atom. The summed E-state index contributed by atoms with van der Waals surface area (Å²) in [6.45, 7) is 8.04. The number of ether oxygens (including phenoxy) is 6. The first-order valence-electron chi connectivity index (χ1n) is 10.0. The van der Waals surface area contributed by atoms with Crippen LogP contribution in [0.2, 0.25) is 0 Å². The summed E-state index contributed by atoms with van der Waals surface area (Å²) >= 11 is 0. The predicted molar refractivity (Wildman–Crippen MR) is 101 cm³/mol. The smallest absolute Gasteiger partial charge is 0.233 e. The largest absolute Gasteiger partial charge is 0.363 e. The number of nitrogens with zero attached hydrogens (tertiary/aromatic N) is 1. The molecule has 29 heavy (non-hydrogen) atoms. The van der Waals surface area contributed by atoms with Gasteiger partial charge in [-0.2, -0.15) is 0 Å². The fourth-order valence-corrected chi connectivity index (χ4v) is 4.34. The Kier molecular flexibility index (Phi) is 4.51. The molecule has 8 heteroatoms. The lowest BCUT2D eigenvalue weighted by atomic mass is 9.97. The van der Waals surface area contributed by atoms with Gasteiger partial charge in [0.25, 0.3) is 0 Å². The number of hydrogen-bond acceptors (Lipinski definition) is 8. The first-order valence-corrected chi connectivity index (χ1v) is 10.0. The minimum Gasteiger partial charge on any atom is -0.363 e. The Balaban J connectivity index is 1.37. The quantitative estimate of drug-likeness (QED) is 0.765. The monoisotopic (exact) mass is 405 g/mol. The lowest BCUT2D eigenvalue weighted by molar-refractivity contribution is -0.353. The van der Waals surface area contributed by atoms with E-state index in [2.05, 4.69) is 5.16 Å². The maximum Gasteiger partial charge on any atom is 0.233 e. The van der Waals surface area contributed by atoms with Crippen molar-refractivity contribution >= 4 is 5.71 Å². The highest BCUT2D eigenvalue weighted by Gasteiger charge is 2.64. The van der Waals surface area contributed by atoms with Gasteiger partial charge in [-0.15, -0.1) is 0 Å². The topological polar surface area (TPSA) is 77.0 Å². The van der Waals surface area contributed by atoms with Crippen LogP contribution in [0.15, 0.2) is 35.5 Å². The molecule has 3 saturated heterocycles. The van der Waals surface area contributed by atoms with Gasteiger partial charge in [0, 0.05) is 0 Å². The predicted octanol–water partition coefficient (Wildman–Crippen LogP) is 2.55. The van der Waals surface area contributed by atoms with E-state index >= 15 is 0 Å². The van der Waals surface area contributed by atoms with Gasteiger partial charge >= 0.3 is 0 Å². The zero-order valence-electron chi connectivity index (χ0n) is 17.1. The molecular formula is C21H27NO7. The molecule has 0 amide bonds. The van der Waals surface area contributed by atoms with Crippen LogP contribution in [0.3, 0.4) is 0 Å².